The van der Waals surface area contributed by atoms with Crippen LogP contribution in [0.25, 0.3) is 10.9 Å². The van der Waals surface area contributed by atoms with Crippen LogP contribution in [0.4, 0.5) is 0 Å². The van der Waals surface area contributed by atoms with E-state index < -0.39 is 11.5 Å². The number of pyridine rings is 1. The fourth-order valence-electron chi connectivity index (χ4n) is 2.90. The van der Waals surface area contributed by atoms with Gasteiger partial charge < -0.3 is 20.7 Å². The van der Waals surface area contributed by atoms with Gasteiger partial charge in [0.2, 0.25) is 0 Å². The summed E-state index contributed by atoms with van der Waals surface area (Å²) < 4.78 is 1.59. The molecule has 2 heterocycles. The Morgan fingerprint density at radius 1 is 1.41 bits per heavy atom. The van der Waals surface area contributed by atoms with Crippen LogP contribution in [0, 0.1) is 0 Å². The molecule has 22 heavy (non-hydrogen) atoms. The summed E-state index contributed by atoms with van der Waals surface area (Å²) in [7, 11) is 0. The lowest BCUT2D eigenvalue weighted by Gasteiger charge is -2.21. The average molecular weight is 324 g/mol. The zero-order valence-electron chi connectivity index (χ0n) is 12.0. The number of carbonyl (C=O) groups excluding carboxylic acids is 1. The predicted octanol–water partition coefficient (Wildman–Crippen LogP) is 0.764. The summed E-state index contributed by atoms with van der Waals surface area (Å²) >= 11 is 0. The van der Waals surface area contributed by atoms with Crippen molar-refractivity contribution in [1.82, 2.24) is 9.88 Å². The molecule has 1 aliphatic heterocycles. The standard InChI is InChI=1S/C15H17N3O3.ClH/c16-6-7-17-14(20)11-13(19)10-5-1-3-9-4-2-8-18(12(9)10)15(11)21;/h1,3,5,19H,2,4,6-8,16H2,(H,17,20);1H. The maximum atomic E-state index is 12.5. The molecule has 4 N–H and O–H groups in total. The van der Waals surface area contributed by atoms with E-state index in [-0.39, 0.29) is 36.8 Å². The Hall–Kier alpha value is -2.05. The quantitative estimate of drug-likeness (QED) is 0.777. The lowest BCUT2D eigenvalue weighted by Crippen LogP contribution is -2.36. The van der Waals surface area contributed by atoms with Gasteiger partial charge in [0.1, 0.15) is 11.3 Å². The summed E-state index contributed by atoms with van der Waals surface area (Å²) in [5.41, 5.74) is 6.47. The number of amides is 1. The molecule has 1 aliphatic rings. The van der Waals surface area contributed by atoms with Crippen molar-refractivity contribution in [2.24, 2.45) is 5.73 Å². The molecule has 1 aromatic carbocycles. The van der Waals surface area contributed by atoms with Crippen molar-refractivity contribution in [3.8, 4) is 5.75 Å². The van der Waals surface area contributed by atoms with Crippen LogP contribution in [0.2, 0.25) is 0 Å². The van der Waals surface area contributed by atoms with Crippen LogP contribution in [-0.4, -0.2) is 28.7 Å². The van der Waals surface area contributed by atoms with Gasteiger partial charge in [-0.25, -0.2) is 0 Å². The maximum Gasteiger partial charge on any atom is 0.267 e. The van der Waals surface area contributed by atoms with Crippen molar-refractivity contribution in [2.45, 2.75) is 19.4 Å². The Kier molecular flexibility index (Phi) is 4.73. The van der Waals surface area contributed by atoms with E-state index in [2.05, 4.69) is 5.32 Å². The summed E-state index contributed by atoms with van der Waals surface area (Å²) in [5, 5.41) is 13.5. The highest BCUT2D eigenvalue weighted by molar-refractivity contribution is 6.02. The average Bonchev–Trinajstić information content (AvgIpc) is 2.50. The first-order chi connectivity index (χ1) is 10.1. The summed E-state index contributed by atoms with van der Waals surface area (Å²) in [6.45, 7) is 1.10. The highest BCUT2D eigenvalue weighted by Crippen LogP contribution is 2.31. The lowest BCUT2D eigenvalue weighted by molar-refractivity contribution is 0.0950. The molecule has 7 heteroatoms. The minimum Gasteiger partial charge on any atom is -0.506 e. The Labute approximate surface area is 133 Å². The number of hydrogen-bond donors (Lipinski definition) is 3. The second-order valence-electron chi connectivity index (χ2n) is 5.14. The zero-order valence-corrected chi connectivity index (χ0v) is 12.8. The van der Waals surface area contributed by atoms with Crippen LogP contribution >= 0.6 is 12.4 Å². The molecule has 0 saturated carbocycles. The van der Waals surface area contributed by atoms with Crippen LogP contribution in [0.1, 0.15) is 22.3 Å². The number of carbonyl (C=O) groups is 1. The number of aromatic nitrogens is 1. The summed E-state index contributed by atoms with van der Waals surface area (Å²) in [6, 6.07) is 5.51. The Morgan fingerprint density at radius 3 is 2.91 bits per heavy atom. The number of nitrogens with zero attached hydrogens (tertiary/aromatic N) is 1. The number of benzene rings is 1. The molecule has 0 unspecified atom stereocenters. The van der Waals surface area contributed by atoms with Gasteiger partial charge in [0.15, 0.2) is 0 Å². The van der Waals surface area contributed by atoms with Gasteiger partial charge in [-0.2, -0.15) is 0 Å². The number of hydrogen-bond acceptors (Lipinski definition) is 4. The van der Waals surface area contributed by atoms with Crippen LogP contribution < -0.4 is 16.6 Å². The van der Waals surface area contributed by atoms with Gasteiger partial charge in [0.25, 0.3) is 11.5 Å². The first kappa shape index (κ1) is 16.3. The van der Waals surface area contributed by atoms with Gasteiger partial charge in [-0.05, 0) is 24.5 Å². The smallest absolute Gasteiger partial charge is 0.267 e. The van der Waals surface area contributed by atoms with Crippen molar-refractivity contribution in [1.29, 1.82) is 0 Å². The third kappa shape index (κ3) is 2.44. The molecule has 3 rings (SSSR count). The number of aryl methyl sites for hydroxylation is 2. The van der Waals surface area contributed by atoms with E-state index in [1.54, 1.807) is 10.6 Å². The van der Waals surface area contributed by atoms with E-state index >= 15 is 0 Å². The molecule has 0 atom stereocenters. The normalized spacial score (nSPS) is 12.8. The third-order valence-electron chi connectivity index (χ3n) is 3.83. The highest BCUT2D eigenvalue weighted by Gasteiger charge is 2.24. The van der Waals surface area contributed by atoms with Crippen molar-refractivity contribution < 1.29 is 9.90 Å². The van der Waals surface area contributed by atoms with E-state index in [4.69, 9.17) is 5.73 Å². The van der Waals surface area contributed by atoms with Crippen molar-refractivity contribution in [3.05, 3.63) is 39.7 Å². The van der Waals surface area contributed by atoms with E-state index in [0.29, 0.717) is 11.9 Å². The minimum absolute atomic E-state index is 0. The van der Waals surface area contributed by atoms with Gasteiger partial charge in [-0.1, -0.05) is 12.1 Å². The maximum absolute atomic E-state index is 12.5. The molecule has 2 aromatic rings. The summed E-state index contributed by atoms with van der Waals surface area (Å²) in [6.07, 6.45) is 1.72. The molecule has 0 spiro atoms. The first-order valence-electron chi connectivity index (χ1n) is 7.00. The number of halogens is 1. The molecule has 0 radical (unpaired) electrons. The fourth-order valence-corrected chi connectivity index (χ4v) is 2.90. The van der Waals surface area contributed by atoms with Gasteiger partial charge in [0.05, 0.1) is 5.52 Å². The van der Waals surface area contributed by atoms with Gasteiger partial charge >= 0.3 is 0 Å². The second kappa shape index (κ2) is 6.37. The molecule has 118 valence electrons. The zero-order chi connectivity index (χ0) is 15.0. The number of rotatable bonds is 3. The predicted molar refractivity (Wildman–Crippen MR) is 86.8 cm³/mol. The van der Waals surface area contributed by atoms with Crippen LogP contribution in [-0.2, 0) is 13.0 Å². The van der Waals surface area contributed by atoms with E-state index in [1.165, 1.54) is 0 Å². The molecule has 0 bridgehead atoms. The summed E-state index contributed by atoms with van der Waals surface area (Å²) in [4.78, 5) is 24.7. The molecule has 6 nitrogen and oxygen atoms in total. The highest BCUT2D eigenvalue weighted by atomic mass is 35.5. The van der Waals surface area contributed by atoms with Crippen molar-refractivity contribution >= 4 is 29.2 Å². The monoisotopic (exact) mass is 323 g/mol. The topological polar surface area (TPSA) is 97.3 Å². The molecule has 1 aromatic heterocycles. The largest absolute Gasteiger partial charge is 0.506 e. The van der Waals surface area contributed by atoms with Gasteiger partial charge in [-0.15, -0.1) is 12.4 Å². The molecular weight excluding hydrogens is 306 g/mol. The van der Waals surface area contributed by atoms with E-state index in [0.717, 1.165) is 23.9 Å². The van der Waals surface area contributed by atoms with Crippen molar-refractivity contribution in [2.75, 3.05) is 13.1 Å². The SMILES string of the molecule is Cl.NCCNC(=O)c1c(O)c2cccc3c2n(c1=O)CCC3. The van der Waals surface area contributed by atoms with Crippen LogP contribution in [0.3, 0.4) is 0 Å². The summed E-state index contributed by atoms with van der Waals surface area (Å²) in [5.74, 6) is -0.825. The third-order valence-corrected chi connectivity index (χ3v) is 3.83. The number of aromatic hydroxyl groups is 1. The second-order valence-corrected chi connectivity index (χ2v) is 5.14. The van der Waals surface area contributed by atoms with Crippen molar-refractivity contribution in [3.63, 3.8) is 0 Å². The van der Waals surface area contributed by atoms with E-state index in [9.17, 15) is 14.7 Å². The molecular formula is C15H18ClN3O3. The minimum atomic E-state index is -0.579. The first-order valence-corrected chi connectivity index (χ1v) is 7.00. The Bertz CT molecular complexity index is 786. The molecule has 0 aliphatic carbocycles. The molecule has 0 saturated heterocycles. The Morgan fingerprint density at radius 2 is 2.18 bits per heavy atom. The van der Waals surface area contributed by atoms with Crippen LogP contribution in [0.5, 0.6) is 5.75 Å². The van der Waals surface area contributed by atoms with Crippen LogP contribution in [0.15, 0.2) is 23.0 Å². The number of nitrogens with two attached hydrogens (primary N) is 1. The number of para-hydroxylation sites is 1. The van der Waals surface area contributed by atoms with Gasteiger partial charge in [-0.3, -0.25) is 9.59 Å². The Balaban J connectivity index is 0.00000176. The molecule has 0 fully saturated rings. The van der Waals surface area contributed by atoms with Gasteiger partial charge in [0, 0.05) is 25.0 Å². The number of nitrogens with one attached hydrogen (secondary N) is 1. The fraction of sp³-hybridized carbons (Fsp3) is 0.333. The molecule has 1 amide bonds. The van der Waals surface area contributed by atoms with E-state index in [1.807, 2.05) is 12.1 Å². The lowest BCUT2D eigenvalue weighted by atomic mass is 9.99.